The van der Waals surface area contributed by atoms with Crippen molar-refractivity contribution in [3.05, 3.63) is 35.1 Å². The second kappa shape index (κ2) is 7.89. The molecule has 2 atom stereocenters. The summed E-state index contributed by atoms with van der Waals surface area (Å²) in [4.78, 5) is 9.39. The van der Waals surface area contributed by atoms with Crippen LogP contribution in [-0.4, -0.2) is 55.8 Å². The Bertz CT molecular complexity index is 694. The van der Waals surface area contributed by atoms with Gasteiger partial charge in [-0.2, -0.15) is 5.10 Å². The van der Waals surface area contributed by atoms with Crippen LogP contribution in [0, 0.1) is 5.92 Å². The number of hydrogen-bond acceptors (Lipinski definition) is 4. The predicted octanol–water partition coefficient (Wildman–Crippen LogP) is 2.71. The molecule has 2 aromatic rings. The minimum atomic E-state index is 0.444. The van der Waals surface area contributed by atoms with Crippen molar-refractivity contribution in [2.75, 3.05) is 26.7 Å². The van der Waals surface area contributed by atoms with E-state index in [1.54, 1.807) is 6.20 Å². The average Bonchev–Trinajstić information content (AvgIpc) is 3.15. The summed E-state index contributed by atoms with van der Waals surface area (Å²) in [6.07, 6.45) is 8.44. The maximum Gasteiger partial charge on any atom is 0.128 e. The standard InChI is InChI=1S/C18H29ClN6/c1-5-25-8-6-7-14(18(25)15-9-21-23(3)12-15)11-22(2)13-17-20-10-16(19)24(17)4/h9-10,12,14,18H,5-8,11,13H2,1-4H3/t14-,18+/m0/s1. The molecule has 0 saturated carbocycles. The summed E-state index contributed by atoms with van der Waals surface area (Å²) in [5.41, 5.74) is 1.34. The van der Waals surface area contributed by atoms with Gasteiger partial charge in [-0.05, 0) is 38.9 Å². The highest BCUT2D eigenvalue weighted by Gasteiger charge is 2.33. The zero-order chi connectivity index (χ0) is 18.0. The molecule has 1 fully saturated rings. The zero-order valence-electron chi connectivity index (χ0n) is 15.7. The van der Waals surface area contributed by atoms with Crippen LogP contribution in [0.5, 0.6) is 0 Å². The van der Waals surface area contributed by atoms with Gasteiger partial charge in [0.25, 0.3) is 0 Å². The van der Waals surface area contributed by atoms with Gasteiger partial charge in [-0.25, -0.2) is 4.98 Å². The first-order chi connectivity index (χ1) is 12.0. The first-order valence-corrected chi connectivity index (χ1v) is 9.44. The van der Waals surface area contributed by atoms with Gasteiger partial charge < -0.3 is 4.57 Å². The highest BCUT2D eigenvalue weighted by Crippen LogP contribution is 2.36. The Hall–Kier alpha value is -1.37. The van der Waals surface area contributed by atoms with Crippen molar-refractivity contribution in [3.8, 4) is 0 Å². The van der Waals surface area contributed by atoms with Crippen molar-refractivity contribution >= 4 is 11.6 Å². The number of imidazole rings is 1. The Morgan fingerprint density at radius 3 is 2.72 bits per heavy atom. The van der Waals surface area contributed by atoms with Crippen molar-refractivity contribution in [1.29, 1.82) is 0 Å². The zero-order valence-corrected chi connectivity index (χ0v) is 16.4. The number of piperidine rings is 1. The fraction of sp³-hybridized carbons (Fsp3) is 0.667. The lowest BCUT2D eigenvalue weighted by atomic mass is 9.85. The third kappa shape index (κ3) is 4.07. The summed E-state index contributed by atoms with van der Waals surface area (Å²) in [6.45, 7) is 6.36. The van der Waals surface area contributed by atoms with Crippen LogP contribution in [0.2, 0.25) is 5.15 Å². The maximum atomic E-state index is 6.11. The van der Waals surface area contributed by atoms with Crippen LogP contribution in [0.1, 0.15) is 37.2 Å². The SMILES string of the molecule is CCN1CCC[C@@H](CN(C)Cc2ncc(Cl)n2C)[C@@H]1c1cnn(C)c1. The Morgan fingerprint density at radius 2 is 2.12 bits per heavy atom. The molecule has 0 unspecified atom stereocenters. The molecular formula is C18H29ClN6. The molecule has 1 aliphatic rings. The Balaban J connectivity index is 1.72. The molecule has 138 valence electrons. The first-order valence-electron chi connectivity index (χ1n) is 9.06. The van der Waals surface area contributed by atoms with Crippen molar-refractivity contribution < 1.29 is 0 Å². The van der Waals surface area contributed by atoms with Crippen LogP contribution in [0.4, 0.5) is 0 Å². The number of aryl methyl sites for hydroxylation is 1. The molecule has 2 aromatic heterocycles. The van der Waals surface area contributed by atoms with Gasteiger partial charge in [-0.3, -0.25) is 14.5 Å². The van der Waals surface area contributed by atoms with E-state index < -0.39 is 0 Å². The normalized spacial score (nSPS) is 22.0. The van der Waals surface area contributed by atoms with Gasteiger partial charge in [0.15, 0.2) is 0 Å². The van der Waals surface area contributed by atoms with Crippen molar-refractivity contribution in [2.45, 2.75) is 32.4 Å². The molecule has 0 spiro atoms. The van der Waals surface area contributed by atoms with E-state index in [-0.39, 0.29) is 0 Å². The van der Waals surface area contributed by atoms with Gasteiger partial charge in [0.05, 0.1) is 18.9 Å². The van der Waals surface area contributed by atoms with E-state index in [0.717, 1.165) is 25.5 Å². The minimum Gasteiger partial charge on any atom is -0.321 e. The van der Waals surface area contributed by atoms with Crippen molar-refractivity contribution in [2.24, 2.45) is 20.0 Å². The predicted molar refractivity (Wildman–Crippen MR) is 100 cm³/mol. The molecule has 0 radical (unpaired) electrons. The van der Waals surface area contributed by atoms with Gasteiger partial charge >= 0.3 is 0 Å². The summed E-state index contributed by atoms with van der Waals surface area (Å²) in [6, 6.07) is 0.444. The third-order valence-electron chi connectivity index (χ3n) is 5.32. The summed E-state index contributed by atoms with van der Waals surface area (Å²) in [7, 11) is 6.14. The van der Waals surface area contributed by atoms with Gasteiger partial charge in [0.2, 0.25) is 0 Å². The number of rotatable bonds is 6. The van der Waals surface area contributed by atoms with Crippen LogP contribution in [0.15, 0.2) is 18.6 Å². The van der Waals surface area contributed by atoms with Crippen LogP contribution in [0.25, 0.3) is 0 Å². The van der Waals surface area contributed by atoms with E-state index in [2.05, 4.69) is 40.1 Å². The summed E-state index contributed by atoms with van der Waals surface area (Å²) < 4.78 is 3.87. The van der Waals surface area contributed by atoms with E-state index >= 15 is 0 Å². The molecule has 6 nitrogen and oxygen atoms in total. The molecule has 0 aromatic carbocycles. The Labute approximate surface area is 155 Å². The number of halogens is 1. The van der Waals surface area contributed by atoms with Gasteiger partial charge in [-0.15, -0.1) is 0 Å². The molecule has 0 bridgehead atoms. The van der Waals surface area contributed by atoms with E-state index in [9.17, 15) is 0 Å². The molecular weight excluding hydrogens is 336 g/mol. The van der Waals surface area contributed by atoms with Crippen molar-refractivity contribution in [3.63, 3.8) is 0 Å². The van der Waals surface area contributed by atoms with E-state index in [1.807, 2.05) is 29.5 Å². The van der Waals surface area contributed by atoms with Crippen LogP contribution < -0.4 is 0 Å². The molecule has 0 amide bonds. The fourth-order valence-electron chi connectivity index (χ4n) is 4.05. The largest absolute Gasteiger partial charge is 0.321 e. The lowest BCUT2D eigenvalue weighted by Gasteiger charge is -2.42. The van der Waals surface area contributed by atoms with Gasteiger partial charge in [0, 0.05) is 38.4 Å². The molecule has 1 aliphatic heterocycles. The van der Waals surface area contributed by atoms with Crippen LogP contribution in [0.3, 0.4) is 0 Å². The number of hydrogen-bond donors (Lipinski definition) is 0. The van der Waals surface area contributed by atoms with E-state index in [0.29, 0.717) is 17.1 Å². The molecule has 1 saturated heterocycles. The average molecular weight is 365 g/mol. The lowest BCUT2D eigenvalue weighted by molar-refractivity contribution is 0.0742. The highest BCUT2D eigenvalue weighted by molar-refractivity contribution is 6.29. The van der Waals surface area contributed by atoms with Gasteiger partial charge in [-0.1, -0.05) is 18.5 Å². The minimum absolute atomic E-state index is 0.444. The lowest BCUT2D eigenvalue weighted by Crippen LogP contribution is -2.42. The summed E-state index contributed by atoms with van der Waals surface area (Å²) in [5.74, 6) is 1.60. The van der Waals surface area contributed by atoms with Gasteiger partial charge in [0.1, 0.15) is 11.0 Å². The fourth-order valence-corrected chi connectivity index (χ4v) is 4.20. The molecule has 25 heavy (non-hydrogen) atoms. The maximum absolute atomic E-state index is 6.11. The molecule has 3 rings (SSSR count). The number of likely N-dealkylation sites (tertiary alicyclic amines) is 1. The van der Waals surface area contributed by atoms with Crippen LogP contribution >= 0.6 is 11.6 Å². The Morgan fingerprint density at radius 1 is 1.32 bits per heavy atom. The summed E-state index contributed by atoms with van der Waals surface area (Å²) >= 11 is 6.11. The smallest absolute Gasteiger partial charge is 0.128 e. The monoisotopic (exact) mass is 364 g/mol. The van der Waals surface area contributed by atoms with Crippen molar-refractivity contribution in [1.82, 2.24) is 29.1 Å². The van der Waals surface area contributed by atoms with Crippen LogP contribution in [-0.2, 0) is 20.6 Å². The Kier molecular flexibility index (Phi) is 5.81. The molecule has 0 aliphatic carbocycles. The second-order valence-electron chi connectivity index (χ2n) is 7.18. The number of aromatic nitrogens is 4. The topological polar surface area (TPSA) is 42.1 Å². The highest BCUT2D eigenvalue weighted by atomic mass is 35.5. The second-order valence-corrected chi connectivity index (χ2v) is 7.56. The van der Waals surface area contributed by atoms with E-state index in [4.69, 9.17) is 11.6 Å². The first kappa shape index (κ1) is 18.4. The quantitative estimate of drug-likeness (QED) is 0.790. The van der Waals surface area contributed by atoms with E-state index in [1.165, 1.54) is 24.9 Å². The third-order valence-corrected chi connectivity index (χ3v) is 5.67. The molecule has 0 N–H and O–H groups in total. The molecule has 7 heteroatoms. The molecule has 3 heterocycles. The number of nitrogens with zero attached hydrogens (tertiary/aromatic N) is 6. The summed E-state index contributed by atoms with van der Waals surface area (Å²) in [5, 5.41) is 5.09.